The first kappa shape index (κ1) is 14.8. The molecule has 1 fully saturated rings. The number of benzene rings is 1. The van der Waals surface area contributed by atoms with Gasteiger partial charge in [0.2, 0.25) is 5.91 Å². The van der Waals surface area contributed by atoms with Crippen LogP contribution in [0, 0.1) is 5.92 Å². The van der Waals surface area contributed by atoms with E-state index >= 15 is 0 Å². The highest BCUT2D eigenvalue weighted by Crippen LogP contribution is 2.26. The summed E-state index contributed by atoms with van der Waals surface area (Å²) in [5, 5.41) is 2.71. The Labute approximate surface area is 120 Å². The molecule has 0 aromatic heterocycles. The smallest absolute Gasteiger partial charge is 0.221 e. The van der Waals surface area contributed by atoms with Crippen LogP contribution in [-0.2, 0) is 4.79 Å². The summed E-state index contributed by atoms with van der Waals surface area (Å²) in [4.78, 5) is 23.2. The van der Waals surface area contributed by atoms with E-state index in [0.717, 1.165) is 11.3 Å². The molecule has 0 bridgehead atoms. The number of hydrogen-bond donors (Lipinski definition) is 1. The lowest BCUT2D eigenvalue weighted by Crippen LogP contribution is -2.09. The second kappa shape index (κ2) is 7.22. The van der Waals surface area contributed by atoms with Gasteiger partial charge in [-0.2, -0.15) is 0 Å². The van der Waals surface area contributed by atoms with E-state index in [2.05, 4.69) is 5.32 Å². The number of Topliss-reactive ketones (excluding diaryl/α,β-unsaturated/α-hetero) is 1. The number of carbonyl (C=O) groups is 2. The van der Waals surface area contributed by atoms with Crippen LogP contribution in [0.1, 0.15) is 62.2 Å². The quantitative estimate of drug-likeness (QED) is 0.660. The maximum Gasteiger partial charge on any atom is 0.221 e. The van der Waals surface area contributed by atoms with Crippen molar-refractivity contribution in [2.45, 2.75) is 51.9 Å². The van der Waals surface area contributed by atoms with E-state index in [0.29, 0.717) is 12.3 Å². The molecule has 1 aliphatic carbocycles. The average Bonchev–Trinajstić information content (AvgIpc) is 2.67. The molecule has 0 atom stereocenters. The summed E-state index contributed by atoms with van der Waals surface area (Å²) in [6.07, 6.45) is 8.20. The average molecular weight is 273 g/mol. The van der Waals surface area contributed by atoms with Crippen molar-refractivity contribution in [1.82, 2.24) is 0 Å². The maximum absolute atomic E-state index is 12.3. The van der Waals surface area contributed by atoms with Gasteiger partial charge in [-0.25, -0.2) is 0 Å². The predicted molar refractivity (Wildman–Crippen MR) is 80.9 cm³/mol. The van der Waals surface area contributed by atoms with Crippen LogP contribution in [0.5, 0.6) is 0 Å². The van der Waals surface area contributed by atoms with Crippen molar-refractivity contribution >= 4 is 17.4 Å². The molecule has 0 heterocycles. The fourth-order valence-electron chi connectivity index (χ4n) is 2.89. The number of carbonyl (C=O) groups excluding carboxylic acids is 2. The molecule has 0 radical (unpaired) electrons. The zero-order valence-corrected chi connectivity index (χ0v) is 12.2. The van der Waals surface area contributed by atoms with Crippen molar-refractivity contribution in [1.29, 1.82) is 0 Å². The second-order valence-electron chi connectivity index (χ2n) is 5.74. The Morgan fingerprint density at radius 3 is 2.20 bits per heavy atom. The first-order chi connectivity index (χ1) is 9.65. The largest absolute Gasteiger partial charge is 0.326 e. The molecule has 0 spiro atoms. The van der Waals surface area contributed by atoms with Crippen LogP contribution in [0.15, 0.2) is 24.3 Å². The molecular weight excluding hydrogens is 250 g/mol. The molecule has 0 saturated heterocycles. The van der Waals surface area contributed by atoms with Crippen molar-refractivity contribution in [2.75, 3.05) is 5.32 Å². The van der Waals surface area contributed by atoms with Crippen molar-refractivity contribution in [3.05, 3.63) is 29.8 Å². The van der Waals surface area contributed by atoms with Crippen molar-refractivity contribution in [2.24, 2.45) is 5.92 Å². The van der Waals surface area contributed by atoms with E-state index < -0.39 is 0 Å². The third kappa shape index (κ3) is 4.48. The summed E-state index contributed by atoms with van der Waals surface area (Å²) >= 11 is 0. The number of ketones is 1. The van der Waals surface area contributed by atoms with E-state index in [9.17, 15) is 9.59 Å². The molecule has 1 aliphatic rings. The molecule has 0 aliphatic heterocycles. The fourth-order valence-corrected chi connectivity index (χ4v) is 2.89. The van der Waals surface area contributed by atoms with E-state index in [-0.39, 0.29) is 11.7 Å². The Bertz CT molecular complexity index is 456. The van der Waals surface area contributed by atoms with Gasteiger partial charge in [-0.3, -0.25) is 9.59 Å². The highest BCUT2D eigenvalue weighted by molar-refractivity contribution is 5.97. The maximum atomic E-state index is 12.3. The van der Waals surface area contributed by atoms with Gasteiger partial charge in [0, 0.05) is 24.6 Å². The van der Waals surface area contributed by atoms with Crippen LogP contribution in [0.25, 0.3) is 0 Å². The SMILES string of the molecule is CC(=O)Nc1ccc(C(=O)CC2CCCCCC2)cc1. The van der Waals surface area contributed by atoms with Crippen LogP contribution in [0.2, 0.25) is 0 Å². The molecule has 3 nitrogen and oxygen atoms in total. The summed E-state index contributed by atoms with van der Waals surface area (Å²) in [6.45, 7) is 1.48. The highest BCUT2D eigenvalue weighted by Gasteiger charge is 2.17. The summed E-state index contributed by atoms with van der Waals surface area (Å²) in [5.41, 5.74) is 1.49. The topological polar surface area (TPSA) is 46.2 Å². The molecule has 3 heteroatoms. The molecule has 20 heavy (non-hydrogen) atoms. The van der Waals surface area contributed by atoms with Crippen LogP contribution in [0.3, 0.4) is 0 Å². The summed E-state index contributed by atoms with van der Waals surface area (Å²) in [7, 11) is 0. The number of anilines is 1. The molecule has 1 N–H and O–H groups in total. The molecule has 1 aromatic rings. The van der Waals surface area contributed by atoms with E-state index in [1.165, 1.54) is 45.4 Å². The lowest BCUT2D eigenvalue weighted by molar-refractivity contribution is -0.114. The van der Waals surface area contributed by atoms with Gasteiger partial charge >= 0.3 is 0 Å². The third-order valence-corrected chi connectivity index (χ3v) is 3.98. The molecule has 2 rings (SSSR count). The van der Waals surface area contributed by atoms with Gasteiger partial charge < -0.3 is 5.32 Å². The predicted octanol–water partition coefficient (Wildman–Crippen LogP) is 4.19. The zero-order valence-electron chi connectivity index (χ0n) is 12.2. The van der Waals surface area contributed by atoms with Gasteiger partial charge in [-0.05, 0) is 30.2 Å². The van der Waals surface area contributed by atoms with Gasteiger partial charge in [-0.1, -0.05) is 38.5 Å². The first-order valence-electron chi connectivity index (χ1n) is 7.56. The molecule has 1 saturated carbocycles. The number of nitrogens with one attached hydrogen (secondary N) is 1. The minimum absolute atomic E-state index is 0.0949. The Kier molecular flexibility index (Phi) is 5.33. The van der Waals surface area contributed by atoms with Gasteiger partial charge in [0.15, 0.2) is 5.78 Å². The zero-order chi connectivity index (χ0) is 14.4. The fraction of sp³-hybridized carbons (Fsp3) is 0.529. The van der Waals surface area contributed by atoms with Crippen molar-refractivity contribution in [3.63, 3.8) is 0 Å². The first-order valence-corrected chi connectivity index (χ1v) is 7.56. The van der Waals surface area contributed by atoms with Crippen molar-refractivity contribution in [3.8, 4) is 0 Å². The Morgan fingerprint density at radius 1 is 1.05 bits per heavy atom. The minimum atomic E-state index is -0.0949. The standard InChI is InChI=1S/C17H23NO2/c1-13(19)18-16-10-8-15(9-11-16)17(20)12-14-6-4-2-3-5-7-14/h8-11,14H,2-7,12H2,1H3,(H,18,19). The molecule has 0 unspecified atom stereocenters. The van der Waals surface area contributed by atoms with E-state index in [4.69, 9.17) is 0 Å². The third-order valence-electron chi connectivity index (χ3n) is 3.98. The summed E-state index contributed by atoms with van der Waals surface area (Å²) in [6, 6.07) is 7.21. The van der Waals surface area contributed by atoms with Gasteiger partial charge in [-0.15, -0.1) is 0 Å². The lowest BCUT2D eigenvalue weighted by Gasteiger charge is -2.13. The Morgan fingerprint density at radius 2 is 1.65 bits per heavy atom. The van der Waals surface area contributed by atoms with Crippen LogP contribution >= 0.6 is 0 Å². The number of amides is 1. The molecule has 1 aromatic carbocycles. The number of rotatable bonds is 4. The monoisotopic (exact) mass is 273 g/mol. The highest BCUT2D eigenvalue weighted by atomic mass is 16.1. The normalized spacial score (nSPS) is 16.4. The summed E-state index contributed by atoms with van der Waals surface area (Å²) < 4.78 is 0. The van der Waals surface area contributed by atoms with Crippen LogP contribution < -0.4 is 5.32 Å². The Balaban J connectivity index is 1.92. The Hall–Kier alpha value is -1.64. The van der Waals surface area contributed by atoms with Crippen LogP contribution in [0.4, 0.5) is 5.69 Å². The van der Waals surface area contributed by atoms with Gasteiger partial charge in [0.25, 0.3) is 0 Å². The van der Waals surface area contributed by atoms with Gasteiger partial charge in [0.05, 0.1) is 0 Å². The molecule has 1 amide bonds. The van der Waals surface area contributed by atoms with Crippen LogP contribution in [-0.4, -0.2) is 11.7 Å². The molecule has 108 valence electrons. The molecular formula is C17H23NO2. The second-order valence-corrected chi connectivity index (χ2v) is 5.74. The van der Waals surface area contributed by atoms with E-state index in [1.807, 2.05) is 12.1 Å². The lowest BCUT2D eigenvalue weighted by atomic mass is 9.92. The summed E-state index contributed by atoms with van der Waals surface area (Å²) in [5.74, 6) is 0.689. The minimum Gasteiger partial charge on any atom is -0.326 e. The van der Waals surface area contributed by atoms with E-state index in [1.54, 1.807) is 12.1 Å². The van der Waals surface area contributed by atoms with Crippen molar-refractivity contribution < 1.29 is 9.59 Å². The number of hydrogen-bond acceptors (Lipinski definition) is 2. The van der Waals surface area contributed by atoms with Gasteiger partial charge in [0.1, 0.15) is 0 Å².